The lowest BCUT2D eigenvalue weighted by Crippen LogP contribution is -2.41. The molecule has 2 fully saturated rings. The number of methoxy groups -OCH3 is 2. The summed E-state index contributed by atoms with van der Waals surface area (Å²) in [5, 5.41) is 4.03. The van der Waals surface area contributed by atoms with Crippen LogP contribution in [0.15, 0.2) is 65.8 Å². The first-order valence-corrected chi connectivity index (χ1v) is 15.8. The van der Waals surface area contributed by atoms with Gasteiger partial charge in [-0.2, -0.15) is 0 Å². The molecule has 0 bridgehead atoms. The molecular formula is C36H41N3O6. The molecule has 1 amide bonds. The summed E-state index contributed by atoms with van der Waals surface area (Å²) in [6, 6.07) is 13.5. The molecule has 9 heteroatoms. The maximum absolute atomic E-state index is 13.7. The lowest BCUT2D eigenvalue weighted by molar-refractivity contribution is 0.0611. The van der Waals surface area contributed by atoms with Crippen molar-refractivity contribution in [1.29, 1.82) is 0 Å². The van der Waals surface area contributed by atoms with Crippen molar-refractivity contribution in [1.82, 2.24) is 14.9 Å². The molecule has 2 aromatic carbocycles. The number of benzene rings is 2. The smallest absolute Gasteiger partial charge is 0.256 e. The monoisotopic (exact) mass is 611 g/mol. The van der Waals surface area contributed by atoms with Crippen LogP contribution < -0.4 is 25.0 Å². The summed E-state index contributed by atoms with van der Waals surface area (Å²) in [7, 11) is 3.21. The number of hydrogen-bond acceptors (Lipinski definition) is 7. The Labute approximate surface area is 263 Å². The Balaban J connectivity index is 1.15. The first kappa shape index (κ1) is 30.6. The highest BCUT2D eigenvalue weighted by Gasteiger charge is 2.26. The number of rotatable bonds is 9. The van der Waals surface area contributed by atoms with E-state index in [-0.39, 0.29) is 29.0 Å². The minimum atomic E-state index is -0.319. The minimum Gasteiger partial charge on any atom is -0.493 e. The molecule has 4 aromatic rings. The molecule has 0 radical (unpaired) electrons. The number of hydrogen-bond donors (Lipinski definition) is 1. The Morgan fingerprint density at radius 3 is 2.36 bits per heavy atom. The second-order valence-corrected chi connectivity index (χ2v) is 12.1. The number of fused-ring (bicyclic) bond motifs is 1. The summed E-state index contributed by atoms with van der Waals surface area (Å²) >= 11 is 0. The normalized spacial score (nSPS) is 18.8. The van der Waals surface area contributed by atoms with E-state index in [9.17, 15) is 9.59 Å². The van der Waals surface area contributed by atoms with E-state index in [4.69, 9.17) is 18.9 Å². The summed E-state index contributed by atoms with van der Waals surface area (Å²) in [6.45, 7) is 4.25. The summed E-state index contributed by atoms with van der Waals surface area (Å²) in [5.74, 6) is 2.10. The molecule has 2 aliphatic rings. The predicted octanol–water partition coefficient (Wildman–Crippen LogP) is 5.94. The number of nitrogens with zero attached hydrogens (tertiary/aromatic N) is 2. The molecule has 1 N–H and O–H groups in total. The number of carbonyl (C=O) groups is 1. The fourth-order valence-electron chi connectivity index (χ4n) is 6.38. The van der Waals surface area contributed by atoms with Crippen LogP contribution in [0.2, 0.25) is 0 Å². The van der Waals surface area contributed by atoms with Crippen LogP contribution in [-0.2, 0) is 11.3 Å². The molecule has 1 saturated carbocycles. The van der Waals surface area contributed by atoms with Gasteiger partial charge in [-0.3, -0.25) is 14.6 Å². The lowest BCUT2D eigenvalue weighted by atomic mass is 9.92. The molecule has 1 aliphatic heterocycles. The second kappa shape index (κ2) is 13.7. The Morgan fingerprint density at radius 1 is 0.933 bits per heavy atom. The Morgan fingerprint density at radius 2 is 1.64 bits per heavy atom. The average molecular weight is 612 g/mol. The van der Waals surface area contributed by atoms with Crippen molar-refractivity contribution in [2.24, 2.45) is 5.92 Å². The molecule has 1 aliphatic carbocycles. The molecular weight excluding hydrogens is 570 g/mol. The van der Waals surface area contributed by atoms with Gasteiger partial charge >= 0.3 is 0 Å². The van der Waals surface area contributed by atoms with Gasteiger partial charge in [-0.25, -0.2) is 0 Å². The molecule has 0 spiro atoms. The van der Waals surface area contributed by atoms with Gasteiger partial charge in [0.25, 0.3) is 5.91 Å². The van der Waals surface area contributed by atoms with Gasteiger partial charge in [-0.15, -0.1) is 0 Å². The van der Waals surface area contributed by atoms with Crippen molar-refractivity contribution in [3.05, 3.63) is 82.4 Å². The molecule has 45 heavy (non-hydrogen) atoms. The van der Waals surface area contributed by atoms with Crippen molar-refractivity contribution in [3.8, 4) is 28.4 Å². The summed E-state index contributed by atoms with van der Waals surface area (Å²) in [5.41, 5.74) is 3.19. The van der Waals surface area contributed by atoms with Crippen molar-refractivity contribution in [2.45, 2.75) is 64.1 Å². The van der Waals surface area contributed by atoms with E-state index in [0.717, 1.165) is 86.1 Å². The van der Waals surface area contributed by atoms with Crippen molar-refractivity contribution in [3.63, 3.8) is 0 Å². The van der Waals surface area contributed by atoms with Gasteiger partial charge in [0.1, 0.15) is 11.3 Å². The maximum atomic E-state index is 13.7. The molecule has 9 nitrogen and oxygen atoms in total. The number of nitrogens with one attached hydrogen (secondary N) is 1. The van der Waals surface area contributed by atoms with Gasteiger partial charge in [0.15, 0.2) is 11.5 Å². The van der Waals surface area contributed by atoms with Gasteiger partial charge < -0.3 is 28.8 Å². The topological polar surface area (TPSA) is 101 Å². The van der Waals surface area contributed by atoms with Crippen LogP contribution >= 0.6 is 0 Å². The van der Waals surface area contributed by atoms with Crippen molar-refractivity contribution >= 4 is 16.8 Å². The molecule has 3 heterocycles. The fraction of sp³-hybridized carbons (Fsp3) is 0.417. The standard InChI is InChI=1S/C36H41N3O6/c1-23-4-6-25(7-5-23)29-21-39(20-24-13-16-44-17-14-24)22-30(35(29)40)36(41)38-26-8-10-27(11-9-26)45-32-12-15-37-31-19-34(43-3)33(42-2)18-28(31)32/h4-7,12,15,18-19,21-22,24,26-27H,8-11,13-14,16-17,20H2,1-3H3,(H,38,41)/t26-,27+. The van der Waals surface area contributed by atoms with Crippen LogP contribution in [0, 0.1) is 12.8 Å². The SMILES string of the molecule is COc1cc2nccc(O[C@H]3CC[C@@H](NC(=O)c4cn(CC5CCOCC5)cc(-c5ccc(C)cc5)c4=O)CC3)c2cc1OC. The third-order valence-electron chi connectivity index (χ3n) is 9.01. The van der Waals surface area contributed by atoms with Crippen molar-refractivity contribution in [2.75, 3.05) is 27.4 Å². The first-order chi connectivity index (χ1) is 21.9. The molecule has 0 atom stereocenters. The number of aromatic nitrogens is 2. The van der Waals surface area contributed by atoms with E-state index in [0.29, 0.717) is 23.0 Å². The summed E-state index contributed by atoms with van der Waals surface area (Å²) < 4.78 is 24.9. The number of ether oxygens (including phenoxy) is 4. The molecule has 236 valence electrons. The quantitative estimate of drug-likeness (QED) is 0.250. The van der Waals surface area contributed by atoms with Gasteiger partial charge in [0.2, 0.25) is 5.43 Å². The van der Waals surface area contributed by atoms with Crippen LogP contribution in [0.3, 0.4) is 0 Å². The Bertz CT molecular complexity index is 1700. The van der Waals surface area contributed by atoms with Crippen LogP contribution in [-0.4, -0.2) is 55.0 Å². The Hall–Kier alpha value is -4.37. The lowest BCUT2D eigenvalue weighted by Gasteiger charge is -2.30. The van der Waals surface area contributed by atoms with Gasteiger partial charge in [0.05, 0.1) is 25.8 Å². The van der Waals surface area contributed by atoms with Gasteiger partial charge in [0, 0.05) is 61.4 Å². The number of pyridine rings is 2. The fourth-order valence-corrected chi connectivity index (χ4v) is 6.38. The van der Waals surface area contributed by atoms with Gasteiger partial charge in [-0.05, 0) is 69.1 Å². The molecule has 2 aromatic heterocycles. The van der Waals surface area contributed by atoms with E-state index >= 15 is 0 Å². The molecule has 1 saturated heterocycles. The second-order valence-electron chi connectivity index (χ2n) is 12.1. The van der Waals surface area contributed by atoms with E-state index in [1.807, 2.05) is 60.2 Å². The zero-order chi connectivity index (χ0) is 31.3. The van der Waals surface area contributed by atoms with E-state index < -0.39 is 0 Å². The van der Waals surface area contributed by atoms with E-state index in [1.165, 1.54) is 0 Å². The number of carbonyl (C=O) groups excluding carboxylic acids is 1. The zero-order valence-corrected chi connectivity index (χ0v) is 26.2. The predicted molar refractivity (Wildman–Crippen MR) is 173 cm³/mol. The van der Waals surface area contributed by atoms with Crippen molar-refractivity contribution < 1.29 is 23.7 Å². The third kappa shape index (κ3) is 6.99. The highest BCUT2D eigenvalue weighted by Crippen LogP contribution is 2.36. The van der Waals surface area contributed by atoms with Crippen LogP contribution in [0.5, 0.6) is 17.2 Å². The summed E-state index contributed by atoms with van der Waals surface area (Å²) in [6.07, 6.45) is 10.4. The van der Waals surface area contributed by atoms with E-state index in [2.05, 4.69) is 10.3 Å². The third-order valence-corrected chi connectivity index (χ3v) is 9.01. The Kier molecular flexibility index (Phi) is 9.35. The van der Waals surface area contributed by atoms with Crippen LogP contribution in [0.25, 0.3) is 22.0 Å². The number of amides is 1. The highest BCUT2D eigenvalue weighted by molar-refractivity contribution is 5.95. The van der Waals surface area contributed by atoms with Crippen LogP contribution in [0.4, 0.5) is 0 Å². The molecule has 0 unspecified atom stereocenters. The largest absolute Gasteiger partial charge is 0.493 e. The first-order valence-electron chi connectivity index (χ1n) is 15.8. The summed E-state index contributed by atoms with van der Waals surface area (Å²) in [4.78, 5) is 31.8. The highest BCUT2D eigenvalue weighted by atomic mass is 16.5. The number of aryl methyl sites for hydroxylation is 1. The maximum Gasteiger partial charge on any atom is 0.256 e. The van der Waals surface area contributed by atoms with Crippen LogP contribution in [0.1, 0.15) is 54.4 Å². The van der Waals surface area contributed by atoms with E-state index in [1.54, 1.807) is 26.6 Å². The zero-order valence-electron chi connectivity index (χ0n) is 26.2. The molecule has 6 rings (SSSR count). The minimum absolute atomic E-state index is 0.00147. The average Bonchev–Trinajstić information content (AvgIpc) is 3.06. The van der Waals surface area contributed by atoms with Gasteiger partial charge in [-0.1, -0.05) is 29.8 Å².